The van der Waals surface area contributed by atoms with E-state index in [1.54, 1.807) is 11.8 Å². The molecule has 2 aromatic rings. The van der Waals surface area contributed by atoms with Gasteiger partial charge in [0.1, 0.15) is 6.04 Å². The highest BCUT2D eigenvalue weighted by Crippen LogP contribution is 2.16. The molecule has 1 atom stereocenters. The van der Waals surface area contributed by atoms with Crippen molar-refractivity contribution < 1.29 is 9.59 Å². The maximum Gasteiger partial charge on any atom is 0.242 e. The van der Waals surface area contributed by atoms with Crippen molar-refractivity contribution in [2.45, 2.75) is 39.8 Å². The van der Waals surface area contributed by atoms with E-state index in [2.05, 4.69) is 21.2 Å². The average Bonchev–Trinajstić information content (AvgIpc) is 2.62. The highest BCUT2D eigenvalue weighted by Gasteiger charge is 2.26. The van der Waals surface area contributed by atoms with Gasteiger partial charge in [0, 0.05) is 17.6 Å². The fraction of sp³-hybridized carbons (Fsp3) is 0.333. The van der Waals surface area contributed by atoms with Crippen LogP contribution in [0.1, 0.15) is 30.5 Å². The van der Waals surface area contributed by atoms with E-state index >= 15 is 0 Å². The lowest BCUT2D eigenvalue weighted by atomic mass is 10.0. The quantitative estimate of drug-likeness (QED) is 0.744. The lowest BCUT2D eigenvalue weighted by Gasteiger charge is -2.29. The zero-order valence-electron chi connectivity index (χ0n) is 15.5. The SMILES string of the molecule is CCNC(=O)[C@@H](C)N(Cc1ccc(Br)cc1)C(=O)Cc1ccccc1C. The summed E-state index contributed by atoms with van der Waals surface area (Å²) in [7, 11) is 0. The summed E-state index contributed by atoms with van der Waals surface area (Å²) in [4.78, 5) is 27.0. The molecule has 138 valence electrons. The van der Waals surface area contributed by atoms with Crippen LogP contribution in [0.3, 0.4) is 0 Å². The van der Waals surface area contributed by atoms with E-state index in [0.29, 0.717) is 13.1 Å². The third-order valence-electron chi connectivity index (χ3n) is 4.39. The Hall–Kier alpha value is -2.14. The molecule has 0 fully saturated rings. The molecular formula is C21H25BrN2O2. The minimum absolute atomic E-state index is 0.0547. The van der Waals surface area contributed by atoms with Gasteiger partial charge in [-0.1, -0.05) is 52.3 Å². The first kappa shape index (κ1) is 20.2. The van der Waals surface area contributed by atoms with Crippen LogP contribution < -0.4 is 5.32 Å². The molecule has 26 heavy (non-hydrogen) atoms. The van der Waals surface area contributed by atoms with E-state index in [1.165, 1.54) is 0 Å². The van der Waals surface area contributed by atoms with Crippen LogP contribution in [-0.2, 0) is 22.6 Å². The summed E-state index contributed by atoms with van der Waals surface area (Å²) in [6.45, 7) is 6.59. The largest absolute Gasteiger partial charge is 0.355 e. The summed E-state index contributed by atoms with van der Waals surface area (Å²) < 4.78 is 0.982. The molecule has 0 aliphatic heterocycles. The number of rotatable bonds is 7. The normalized spacial score (nSPS) is 11.7. The second-order valence-electron chi connectivity index (χ2n) is 6.32. The average molecular weight is 417 g/mol. The van der Waals surface area contributed by atoms with Crippen LogP contribution in [0.5, 0.6) is 0 Å². The summed E-state index contributed by atoms with van der Waals surface area (Å²) in [6, 6.07) is 15.1. The fourth-order valence-corrected chi connectivity index (χ4v) is 3.03. The Morgan fingerprint density at radius 1 is 1.12 bits per heavy atom. The second-order valence-corrected chi connectivity index (χ2v) is 7.24. The number of nitrogens with zero attached hydrogens (tertiary/aromatic N) is 1. The summed E-state index contributed by atoms with van der Waals surface area (Å²) in [5.74, 6) is -0.191. The summed E-state index contributed by atoms with van der Waals surface area (Å²) in [5, 5.41) is 2.81. The maximum atomic E-state index is 13.0. The monoisotopic (exact) mass is 416 g/mol. The Bertz CT molecular complexity index is 759. The van der Waals surface area contributed by atoms with Crippen molar-refractivity contribution in [1.82, 2.24) is 10.2 Å². The molecule has 4 nitrogen and oxygen atoms in total. The van der Waals surface area contributed by atoms with Crippen molar-refractivity contribution >= 4 is 27.7 Å². The Kier molecular flexibility index (Phi) is 7.39. The molecule has 0 saturated heterocycles. The van der Waals surface area contributed by atoms with E-state index in [-0.39, 0.29) is 18.2 Å². The third-order valence-corrected chi connectivity index (χ3v) is 4.92. The van der Waals surface area contributed by atoms with Crippen molar-refractivity contribution in [3.8, 4) is 0 Å². The highest BCUT2D eigenvalue weighted by molar-refractivity contribution is 9.10. The zero-order chi connectivity index (χ0) is 19.1. The number of amides is 2. The van der Waals surface area contributed by atoms with E-state index < -0.39 is 6.04 Å². The molecule has 0 radical (unpaired) electrons. The molecule has 0 aliphatic carbocycles. The summed E-state index contributed by atoms with van der Waals surface area (Å²) in [6.07, 6.45) is 0.285. The van der Waals surface area contributed by atoms with Gasteiger partial charge in [0.2, 0.25) is 11.8 Å². The standard InChI is InChI=1S/C21H25BrN2O2/c1-4-23-21(26)16(3)24(14-17-9-11-19(22)12-10-17)20(25)13-18-8-6-5-7-15(18)2/h5-12,16H,4,13-14H2,1-3H3,(H,23,26)/t16-/m1/s1. The van der Waals surface area contributed by atoms with Crippen molar-refractivity contribution in [2.24, 2.45) is 0 Å². The number of carbonyl (C=O) groups is 2. The van der Waals surface area contributed by atoms with E-state index in [1.807, 2.05) is 62.4 Å². The van der Waals surface area contributed by atoms with E-state index in [0.717, 1.165) is 21.2 Å². The molecule has 0 unspecified atom stereocenters. The minimum atomic E-state index is -0.532. The zero-order valence-corrected chi connectivity index (χ0v) is 17.0. The van der Waals surface area contributed by atoms with Gasteiger partial charge in [-0.25, -0.2) is 0 Å². The molecule has 0 aromatic heterocycles. The first-order valence-electron chi connectivity index (χ1n) is 8.78. The lowest BCUT2D eigenvalue weighted by Crippen LogP contribution is -2.48. The Morgan fingerprint density at radius 2 is 1.77 bits per heavy atom. The molecule has 1 N–H and O–H groups in total. The number of nitrogens with one attached hydrogen (secondary N) is 1. The molecule has 0 bridgehead atoms. The van der Waals surface area contributed by atoms with Crippen LogP contribution in [0.2, 0.25) is 0 Å². The van der Waals surface area contributed by atoms with E-state index in [4.69, 9.17) is 0 Å². The Labute approximate surface area is 163 Å². The van der Waals surface area contributed by atoms with Gasteiger partial charge in [0.05, 0.1) is 6.42 Å². The molecule has 2 rings (SSSR count). The molecule has 0 heterocycles. The maximum absolute atomic E-state index is 13.0. The minimum Gasteiger partial charge on any atom is -0.355 e. The number of hydrogen-bond acceptors (Lipinski definition) is 2. The first-order valence-corrected chi connectivity index (χ1v) is 9.57. The van der Waals surface area contributed by atoms with Gasteiger partial charge in [-0.2, -0.15) is 0 Å². The molecule has 0 spiro atoms. The molecule has 5 heteroatoms. The van der Waals surface area contributed by atoms with Crippen molar-refractivity contribution in [2.75, 3.05) is 6.54 Å². The van der Waals surface area contributed by atoms with Crippen LogP contribution in [0.15, 0.2) is 53.0 Å². The van der Waals surface area contributed by atoms with Gasteiger partial charge in [0.25, 0.3) is 0 Å². The van der Waals surface area contributed by atoms with Crippen LogP contribution in [0.25, 0.3) is 0 Å². The third kappa shape index (κ3) is 5.43. The smallest absolute Gasteiger partial charge is 0.242 e. The summed E-state index contributed by atoms with van der Waals surface area (Å²) in [5.41, 5.74) is 3.05. The van der Waals surface area contributed by atoms with Crippen molar-refractivity contribution in [3.63, 3.8) is 0 Å². The predicted molar refractivity (Wildman–Crippen MR) is 108 cm³/mol. The van der Waals surface area contributed by atoms with Gasteiger partial charge in [0.15, 0.2) is 0 Å². The number of likely N-dealkylation sites (N-methyl/N-ethyl adjacent to an activating group) is 1. The van der Waals surface area contributed by atoms with Crippen LogP contribution in [0, 0.1) is 6.92 Å². The predicted octanol–water partition coefficient (Wildman–Crippen LogP) is 3.85. The number of benzene rings is 2. The number of aryl methyl sites for hydroxylation is 1. The lowest BCUT2D eigenvalue weighted by molar-refractivity contribution is -0.140. The molecule has 2 amide bonds. The van der Waals surface area contributed by atoms with Crippen molar-refractivity contribution in [1.29, 1.82) is 0 Å². The van der Waals surface area contributed by atoms with Crippen LogP contribution in [0.4, 0.5) is 0 Å². The number of carbonyl (C=O) groups excluding carboxylic acids is 2. The number of halogens is 1. The first-order chi connectivity index (χ1) is 12.4. The molecule has 0 aliphatic rings. The fourth-order valence-electron chi connectivity index (χ4n) is 2.76. The molecule has 2 aromatic carbocycles. The Balaban J connectivity index is 2.23. The van der Waals surface area contributed by atoms with Gasteiger partial charge >= 0.3 is 0 Å². The molecular weight excluding hydrogens is 392 g/mol. The van der Waals surface area contributed by atoms with Crippen LogP contribution >= 0.6 is 15.9 Å². The van der Waals surface area contributed by atoms with Crippen molar-refractivity contribution in [3.05, 3.63) is 69.7 Å². The van der Waals surface area contributed by atoms with Gasteiger partial charge in [-0.3, -0.25) is 9.59 Å². The van der Waals surface area contributed by atoms with Crippen LogP contribution in [-0.4, -0.2) is 29.3 Å². The second kappa shape index (κ2) is 9.53. The Morgan fingerprint density at radius 3 is 2.38 bits per heavy atom. The highest BCUT2D eigenvalue weighted by atomic mass is 79.9. The van der Waals surface area contributed by atoms with Gasteiger partial charge in [-0.15, -0.1) is 0 Å². The summed E-state index contributed by atoms with van der Waals surface area (Å²) >= 11 is 3.42. The number of hydrogen-bond donors (Lipinski definition) is 1. The molecule has 0 saturated carbocycles. The van der Waals surface area contributed by atoms with E-state index in [9.17, 15) is 9.59 Å². The van der Waals surface area contributed by atoms with Gasteiger partial charge < -0.3 is 10.2 Å². The topological polar surface area (TPSA) is 49.4 Å². The van der Waals surface area contributed by atoms with Gasteiger partial charge in [-0.05, 0) is 49.6 Å².